The summed E-state index contributed by atoms with van der Waals surface area (Å²) >= 11 is 2.00. The van der Waals surface area contributed by atoms with Crippen LogP contribution in [0.2, 0.25) is 0 Å². The van der Waals surface area contributed by atoms with Crippen molar-refractivity contribution in [1.29, 1.82) is 0 Å². The number of aromatic nitrogens is 2. The van der Waals surface area contributed by atoms with E-state index in [4.69, 9.17) is 9.26 Å². The van der Waals surface area contributed by atoms with Crippen LogP contribution in [-0.4, -0.2) is 16.7 Å². The Morgan fingerprint density at radius 3 is 2.87 bits per heavy atom. The molecule has 0 radical (unpaired) electrons. The first kappa shape index (κ1) is 10.4. The van der Waals surface area contributed by atoms with E-state index in [-0.39, 0.29) is 0 Å². The predicted octanol–water partition coefficient (Wildman–Crippen LogP) is 2.74. The number of ether oxygens (including phenoxy) is 1. The third-order valence-electron chi connectivity index (χ3n) is 1.82. The molecule has 0 fully saturated rings. The van der Waals surface area contributed by atoms with Crippen molar-refractivity contribution in [2.45, 2.75) is 6.92 Å². The van der Waals surface area contributed by atoms with Gasteiger partial charge in [0.1, 0.15) is 5.75 Å². The van der Waals surface area contributed by atoms with Gasteiger partial charge in [0.05, 0.1) is 12.2 Å². The molecule has 0 aliphatic rings. The van der Waals surface area contributed by atoms with Crippen molar-refractivity contribution in [3.05, 3.63) is 28.1 Å². The molecule has 1 aromatic carbocycles. The van der Waals surface area contributed by atoms with Crippen molar-refractivity contribution >= 4 is 22.6 Å². The molecule has 78 valence electrons. The normalized spacial score (nSPS) is 10.3. The Labute approximate surface area is 101 Å². The summed E-state index contributed by atoms with van der Waals surface area (Å²) in [5.41, 5.74) is 0.828. The Bertz CT molecular complexity index is 456. The molecule has 0 spiro atoms. The smallest absolute Gasteiger partial charge is 0.262 e. The molecule has 0 unspecified atom stereocenters. The van der Waals surface area contributed by atoms with E-state index in [1.807, 2.05) is 53.8 Å². The zero-order chi connectivity index (χ0) is 10.7. The highest BCUT2D eigenvalue weighted by Gasteiger charge is 2.11. The van der Waals surface area contributed by atoms with E-state index in [1.165, 1.54) is 0 Å². The van der Waals surface area contributed by atoms with Gasteiger partial charge >= 0.3 is 0 Å². The lowest BCUT2D eigenvalue weighted by Crippen LogP contribution is -1.93. The average Bonchev–Trinajstić information content (AvgIpc) is 2.66. The molecule has 2 rings (SSSR count). The standard InChI is InChI=1S/C10H9IN2O2/c1-2-14-8-6-4-3-5-7(8)9-12-10(11)13-15-9/h3-6H,2H2,1H3. The Morgan fingerprint density at radius 1 is 1.40 bits per heavy atom. The van der Waals surface area contributed by atoms with Crippen LogP contribution in [0.25, 0.3) is 11.5 Å². The molecular weight excluding hydrogens is 307 g/mol. The highest BCUT2D eigenvalue weighted by molar-refractivity contribution is 14.1. The molecule has 0 saturated heterocycles. The van der Waals surface area contributed by atoms with Crippen LogP contribution in [0.5, 0.6) is 5.75 Å². The minimum absolute atomic E-state index is 0.489. The summed E-state index contributed by atoms with van der Waals surface area (Å²) < 4.78 is 11.2. The van der Waals surface area contributed by atoms with Crippen molar-refractivity contribution in [3.63, 3.8) is 0 Å². The maximum absolute atomic E-state index is 5.47. The van der Waals surface area contributed by atoms with Gasteiger partial charge in [-0.15, -0.1) is 0 Å². The molecule has 2 aromatic rings. The van der Waals surface area contributed by atoms with Gasteiger partial charge in [-0.05, 0) is 19.1 Å². The minimum atomic E-state index is 0.489. The maximum atomic E-state index is 5.47. The number of benzene rings is 1. The first-order chi connectivity index (χ1) is 7.31. The summed E-state index contributed by atoms with van der Waals surface area (Å²) in [6.07, 6.45) is 0. The summed E-state index contributed by atoms with van der Waals surface area (Å²) in [7, 11) is 0. The first-order valence-corrected chi connectivity index (χ1v) is 5.60. The van der Waals surface area contributed by atoms with Gasteiger partial charge in [-0.1, -0.05) is 17.3 Å². The van der Waals surface area contributed by atoms with Crippen LogP contribution in [0.15, 0.2) is 28.8 Å². The van der Waals surface area contributed by atoms with E-state index in [0.29, 0.717) is 16.3 Å². The molecule has 0 atom stereocenters. The number of rotatable bonds is 3. The zero-order valence-corrected chi connectivity index (χ0v) is 10.3. The second-order valence-electron chi connectivity index (χ2n) is 2.80. The summed E-state index contributed by atoms with van der Waals surface area (Å²) in [4.78, 5) is 4.15. The highest BCUT2D eigenvalue weighted by atomic mass is 127. The molecule has 0 bridgehead atoms. The fourth-order valence-electron chi connectivity index (χ4n) is 1.24. The van der Waals surface area contributed by atoms with E-state index in [9.17, 15) is 0 Å². The van der Waals surface area contributed by atoms with Crippen LogP contribution >= 0.6 is 22.6 Å². The van der Waals surface area contributed by atoms with Gasteiger partial charge in [0.25, 0.3) is 5.89 Å². The van der Waals surface area contributed by atoms with Crippen molar-refractivity contribution in [3.8, 4) is 17.2 Å². The van der Waals surface area contributed by atoms with Gasteiger partial charge in [0.15, 0.2) is 0 Å². The summed E-state index contributed by atoms with van der Waals surface area (Å²) in [5, 5.41) is 3.74. The van der Waals surface area contributed by atoms with Gasteiger partial charge < -0.3 is 9.26 Å². The monoisotopic (exact) mass is 316 g/mol. The van der Waals surface area contributed by atoms with Crippen molar-refractivity contribution in [2.75, 3.05) is 6.61 Å². The van der Waals surface area contributed by atoms with Crippen LogP contribution in [-0.2, 0) is 0 Å². The third-order valence-corrected chi connectivity index (χ3v) is 2.26. The number of hydrogen-bond donors (Lipinski definition) is 0. The number of halogens is 1. The van der Waals surface area contributed by atoms with Crippen LogP contribution < -0.4 is 4.74 Å². The Kier molecular flexibility index (Phi) is 3.20. The third kappa shape index (κ3) is 2.28. The lowest BCUT2D eigenvalue weighted by Gasteiger charge is -2.05. The lowest BCUT2D eigenvalue weighted by molar-refractivity contribution is 0.339. The van der Waals surface area contributed by atoms with E-state index in [0.717, 1.165) is 11.3 Å². The summed E-state index contributed by atoms with van der Waals surface area (Å²) in [6, 6.07) is 7.61. The fraction of sp³-hybridized carbons (Fsp3) is 0.200. The molecule has 15 heavy (non-hydrogen) atoms. The number of nitrogens with zero attached hydrogens (tertiary/aromatic N) is 2. The van der Waals surface area contributed by atoms with Crippen molar-refractivity contribution in [1.82, 2.24) is 10.1 Å². The van der Waals surface area contributed by atoms with E-state index in [1.54, 1.807) is 0 Å². The summed E-state index contributed by atoms with van der Waals surface area (Å²) in [5.74, 6) is 1.25. The first-order valence-electron chi connectivity index (χ1n) is 4.52. The van der Waals surface area contributed by atoms with E-state index in [2.05, 4.69) is 10.1 Å². The van der Waals surface area contributed by atoms with Crippen LogP contribution in [0, 0.1) is 3.83 Å². The zero-order valence-electron chi connectivity index (χ0n) is 8.11. The molecule has 0 aliphatic carbocycles. The second-order valence-corrected chi connectivity index (χ2v) is 3.76. The van der Waals surface area contributed by atoms with E-state index >= 15 is 0 Å². The fourth-order valence-corrected chi connectivity index (χ4v) is 1.56. The minimum Gasteiger partial charge on any atom is -0.493 e. The Morgan fingerprint density at radius 2 is 2.20 bits per heavy atom. The molecule has 0 aliphatic heterocycles. The van der Waals surface area contributed by atoms with Gasteiger partial charge in [0.2, 0.25) is 3.83 Å². The maximum Gasteiger partial charge on any atom is 0.262 e. The molecule has 0 N–H and O–H groups in total. The molecule has 4 nitrogen and oxygen atoms in total. The molecule has 1 heterocycles. The Hall–Kier alpha value is -1.11. The highest BCUT2D eigenvalue weighted by Crippen LogP contribution is 2.28. The molecule has 0 saturated carbocycles. The van der Waals surface area contributed by atoms with Crippen LogP contribution in [0.1, 0.15) is 6.92 Å². The van der Waals surface area contributed by atoms with Crippen molar-refractivity contribution in [2.24, 2.45) is 0 Å². The second kappa shape index (κ2) is 4.61. The molecular formula is C10H9IN2O2. The topological polar surface area (TPSA) is 48.2 Å². The average molecular weight is 316 g/mol. The van der Waals surface area contributed by atoms with Crippen molar-refractivity contribution < 1.29 is 9.26 Å². The number of hydrogen-bond acceptors (Lipinski definition) is 4. The SMILES string of the molecule is CCOc1ccccc1-c1nc(I)no1. The quantitative estimate of drug-likeness (QED) is 0.817. The largest absolute Gasteiger partial charge is 0.493 e. The summed E-state index contributed by atoms with van der Waals surface area (Å²) in [6.45, 7) is 2.55. The van der Waals surface area contributed by atoms with Gasteiger partial charge in [-0.2, -0.15) is 4.98 Å². The van der Waals surface area contributed by atoms with Crippen LogP contribution in [0.3, 0.4) is 0 Å². The molecule has 1 aromatic heterocycles. The molecule has 5 heteroatoms. The van der Waals surface area contributed by atoms with Crippen LogP contribution in [0.4, 0.5) is 0 Å². The van der Waals surface area contributed by atoms with Gasteiger partial charge in [0, 0.05) is 22.6 Å². The predicted molar refractivity (Wildman–Crippen MR) is 63.6 cm³/mol. The van der Waals surface area contributed by atoms with Gasteiger partial charge in [-0.25, -0.2) is 0 Å². The lowest BCUT2D eigenvalue weighted by atomic mass is 10.2. The van der Waals surface area contributed by atoms with E-state index < -0.39 is 0 Å². The molecule has 0 amide bonds. The number of para-hydroxylation sites is 1. The Balaban J connectivity index is 2.42. The van der Waals surface area contributed by atoms with Gasteiger partial charge in [-0.3, -0.25) is 0 Å².